The van der Waals surface area contributed by atoms with Crippen molar-refractivity contribution in [3.8, 4) is 5.75 Å². The highest BCUT2D eigenvalue weighted by atomic mass is 32.2. The molecular weight excluding hydrogens is 364 g/mol. The smallest absolute Gasteiger partial charge is 0.239 e. The van der Waals surface area contributed by atoms with Gasteiger partial charge >= 0.3 is 0 Å². The number of nitrogens with one attached hydrogen (secondary N) is 1. The summed E-state index contributed by atoms with van der Waals surface area (Å²) >= 11 is 0. The van der Waals surface area contributed by atoms with E-state index in [4.69, 9.17) is 4.74 Å². The summed E-state index contributed by atoms with van der Waals surface area (Å²) in [6.07, 6.45) is 8.54. The molecule has 0 radical (unpaired) electrons. The van der Waals surface area contributed by atoms with Crippen molar-refractivity contribution in [3.63, 3.8) is 0 Å². The van der Waals surface area contributed by atoms with E-state index in [9.17, 15) is 13.2 Å². The number of ether oxygens (including phenoxy) is 1. The van der Waals surface area contributed by atoms with Crippen LogP contribution in [-0.4, -0.2) is 44.1 Å². The molecule has 0 unspecified atom stereocenters. The molecule has 0 saturated carbocycles. The molecular formula is C20H30N2O4S. The first-order valence-electron chi connectivity index (χ1n) is 9.43. The molecule has 2 rings (SSSR count). The normalized spacial score (nSPS) is 14.9. The van der Waals surface area contributed by atoms with Crippen LogP contribution in [-0.2, 0) is 14.8 Å². The Morgan fingerprint density at radius 2 is 1.93 bits per heavy atom. The highest BCUT2D eigenvalue weighted by Crippen LogP contribution is 2.21. The van der Waals surface area contributed by atoms with Gasteiger partial charge in [0.25, 0.3) is 0 Å². The third-order valence-corrected chi connectivity index (χ3v) is 5.62. The van der Waals surface area contributed by atoms with Crippen molar-refractivity contribution in [1.82, 2.24) is 4.31 Å². The summed E-state index contributed by atoms with van der Waals surface area (Å²) in [4.78, 5) is 12.3. The minimum absolute atomic E-state index is 0.0769. The fraction of sp³-hybridized carbons (Fsp3) is 0.550. The predicted octanol–water partition coefficient (Wildman–Crippen LogP) is 3.56. The summed E-state index contributed by atoms with van der Waals surface area (Å²) in [5, 5.41) is 2.75. The first-order valence-corrected chi connectivity index (χ1v) is 11.3. The maximum absolute atomic E-state index is 12.3. The number of nitrogens with zero attached hydrogens (tertiary/aromatic N) is 1. The van der Waals surface area contributed by atoms with Gasteiger partial charge in [-0.3, -0.25) is 4.79 Å². The molecule has 0 atom stereocenters. The Morgan fingerprint density at radius 3 is 2.48 bits per heavy atom. The van der Waals surface area contributed by atoms with E-state index < -0.39 is 10.0 Å². The molecule has 1 aliphatic carbocycles. The van der Waals surface area contributed by atoms with E-state index in [1.165, 1.54) is 16.3 Å². The Hall–Kier alpha value is -1.86. The molecule has 1 aliphatic rings. The van der Waals surface area contributed by atoms with E-state index in [1.54, 1.807) is 24.3 Å². The lowest BCUT2D eigenvalue weighted by molar-refractivity contribution is -0.116. The molecule has 1 aromatic rings. The van der Waals surface area contributed by atoms with Crippen LogP contribution in [0.2, 0.25) is 0 Å². The Morgan fingerprint density at radius 1 is 1.22 bits per heavy atom. The van der Waals surface area contributed by atoms with Crippen LogP contribution in [0.4, 0.5) is 5.69 Å². The summed E-state index contributed by atoms with van der Waals surface area (Å²) in [6, 6.07) is 7.04. The van der Waals surface area contributed by atoms with Gasteiger partial charge in [0, 0.05) is 12.2 Å². The van der Waals surface area contributed by atoms with Crippen molar-refractivity contribution < 1.29 is 17.9 Å². The highest BCUT2D eigenvalue weighted by Gasteiger charge is 2.20. The summed E-state index contributed by atoms with van der Waals surface area (Å²) in [6.45, 7) is 4.03. The lowest BCUT2D eigenvalue weighted by atomic mass is 9.97. The molecule has 0 spiro atoms. The van der Waals surface area contributed by atoms with E-state index in [1.807, 2.05) is 13.8 Å². The molecule has 0 aliphatic heterocycles. The van der Waals surface area contributed by atoms with Crippen molar-refractivity contribution in [2.75, 3.05) is 24.7 Å². The molecule has 6 nitrogen and oxygen atoms in total. The number of benzene rings is 1. The third-order valence-electron chi connectivity index (χ3n) is 4.37. The van der Waals surface area contributed by atoms with Gasteiger partial charge in [0.2, 0.25) is 15.9 Å². The molecule has 0 heterocycles. The van der Waals surface area contributed by atoms with Crippen molar-refractivity contribution >= 4 is 21.6 Å². The monoisotopic (exact) mass is 394 g/mol. The van der Waals surface area contributed by atoms with E-state index in [0.29, 0.717) is 18.7 Å². The van der Waals surface area contributed by atoms with Crippen LogP contribution >= 0.6 is 0 Å². The standard InChI is InChI=1S/C20H30N2O4S/c1-16(2)26-19-11-9-18(10-12-19)21-20(23)15-22(27(3,24)25)14-13-17-7-5-4-6-8-17/h7,9-12,16H,4-6,8,13-15H2,1-3H3,(H,21,23). The number of rotatable bonds is 9. The van der Waals surface area contributed by atoms with Crippen LogP contribution < -0.4 is 10.1 Å². The summed E-state index contributed by atoms with van der Waals surface area (Å²) < 4.78 is 30.9. The van der Waals surface area contributed by atoms with Crippen molar-refractivity contribution in [2.24, 2.45) is 0 Å². The molecule has 1 amide bonds. The minimum Gasteiger partial charge on any atom is -0.491 e. The van der Waals surface area contributed by atoms with Gasteiger partial charge in [-0.2, -0.15) is 4.31 Å². The van der Waals surface area contributed by atoms with E-state index in [2.05, 4.69) is 11.4 Å². The number of amides is 1. The summed E-state index contributed by atoms with van der Waals surface area (Å²) in [5.74, 6) is 0.372. The summed E-state index contributed by atoms with van der Waals surface area (Å²) in [7, 11) is -3.45. The van der Waals surface area contributed by atoms with Gasteiger partial charge in [-0.15, -0.1) is 0 Å². The fourth-order valence-electron chi connectivity index (χ4n) is 3.01. The predicted molar refractivity (Wildman–Crippen MR) is 108 cm³/mol. The molecule has 0 saturated heterocycles. The molecule has 0 aromatic heterocycles. The first kappa shape index (κ1) is 21.4. The minimum atomic E-state index is -3.45. The van der Waals surface area contributed by atoms with Gasteiger partial charge in [0.1, 0.15) is 5.75 Å². The van der Waals surface area contributed by atoms with Crippen LogP contribution in [0.1, 0.15) is 46.0 Å². The van der Waals surface area contributed by atoms with Gasteiger partial charge in [-0.25, -0.2) is 8.42 Å². The maximum Gasteiger partial charge on any atom is 0.239 e. The van der Waals surface area contributed by atoms with Crippen LogP contribution in [0.5, 0.6) is 5.75 Å². The average Bonchev–Trinajstić information content (AvgIpc) is 2.60. The molecule has 27 heavy (non-hydrogen) atoms. The van der Waals surface area contributed by atoms with Gasteiger partial charge in [-0.05, 0) is 70.2 Å². The summed E-state index contributed by atoms with van der Waals surface area (Å²) in [5.41, 5.74) is 1.90. The Kier molecular flexibility index (Phi) is 7.86. The van der Waals surface area contributed by atoms with Gasteiger partial charge in [0.05, 0.1) is 18.9 Å². The van der Waals surface area contributed by atoms with E-state index in [0.717, 1.165) is 31.3 Å². The van der Waals surface area contributed by atoms with Crippen LogP contribution in [0.25, 0.3) is 0 Å². The Balaban J connectivity index is 1.92. The number of hydrogen-bond acceptors (Lipinski definition) is 4. The molecule has 7 heteroatoms. The molecule has 1 N–H and O–H groups in total. The SMILES string of the molecule is CC(C)Oc1ccc(NC(=O)CN(CCC2=CCCCC2)S(C)(=O)=O)cc1. The van der Waals surface area contributed by atoms with Gasteiger partial charge in [-0.1, -0.05) is 11.6 Å². The number of sulfonamides is 1. The lowest BCUT2D eigenvalue weighted by Crippen LogP contribution is -2.38. The van der Waals surface area contributed by atoms with Crippen LogP contribution in [0.3, 0.4) is 0 Å². The highest BCUT2D eigenvalue weighted by molar-refractivity contribution is 7.88. The number of carbonyl (C=O) groups excluding carboxylic acids is 1. The Bertz CT molecular complexity index is 755. The molecule has 1 aromatic carbocycles. The zero-order valence-electron chi connectivity index (χ0n) is 16.4. The molecule has 150 valence electrons. The van der Waals surface area contributed by atoms with Crippen molar-refractivity contribution in [1.29, 1.82) is 0 Å². The van der Waals surface area contributed by atoms with Crippen LogP contribution in [0.15, 0.2) is 35.9 Å². The van der Waals surface area contributed by atoms with E-state index >= 15 is 0 Å². The van der Waals surface area contributed by atoms with Crippen LogP contribution in [0, 0.1) is 0 Å². The molecule has 0 fully saturated rings. The first-order chi connectivity index (χ1) is 12.7. The van der Waals surface area contributed by atoms with E-state index in [-0.39, 0.29) is 18.6 Å². The fourth-order valence-corrected chi connectivity index (χ4v) is 3.79. The lowest BCUT2D eigenvalue weighted by Gasteiger charge is -2.21. The zero-order chi connectivity index (χ0) is 19.9. The second-order valence-corrected chi connectivity index (χ2v) is 9.18. The largest absolute Gasteiger partial charge is 0.491 e. The second kappa shape index (κ2) is 9.90. The second-order valence-electron chi connectivity index (χ2n) is 7.19. The number of carbonyl (C=O) groups is 1. The average molecular weight is 395 g/mol. The number of allylic oxidation sites excluding steroid dienone is 1. The quantitative estimate of drug-likeness (QED) is 0.650. The van der Waals surface area contributed by atoms with Crippen molar-refractivity contribution in [3.05, 3.63) is 35.9 Å². The third kappa shape index (κ3) is 7.72. The van der Waals surface area contributed by atoms with Gasteiger partial charge in [0.15, 0.2) is 0 Å². The number of anilines is 1. The maximum atomic E-state index is 12.3. The zero-order valence-corrected chi connectivity index (χ0v) is 17.2. The Labute approximate surface area is 162 Å². The topological polar surface area (TPSA) is 75.7 Å². The number of hydrogen-bond donors (Lipinski definition) is 1. The van der Waals surface area contributed by atoms with Gasteiger partial charge < -0.3 is 10.1 Å². The van der Waals surface area contributed by atoms with Crippen molar-refractivity contribution in [2.45, 2.75) is 52.1 Å². The molecule has 0 bridgehead atoms.